The number of piperidine rings is 1. The fourth-order valence-electron chi connectivity index (χ4n) is 6.93. The molecule has 1 amide bonds. The fraction of sp³-hybridized carbons (Fsp3) is 0.351. The Morgan fingerprint density at radius 2 is 1.82 bits per heavy atom. The molecule has 45 heavy (non-hydrogen) atoms. The van der Waals surface area contributed by atoms with Crippen LogP contribution in [-0.4, -0.2) is 51.2 Å². The van der Waals surface area contributed by atoms with E-state index in [4.69, 9.17) is 9.72 Å². The Balaban J connectivity index is 1.10. The number of anilines is 1. The lowest BCUT2D eigenvalue weighted by Gasteiger charge is -2.32. The molecule has 0 saturated carbocycles. The average molecular weight is 602 g/mol. The van der Waals surface area contributed by atoms with Gasteiger partial charge in [-0.05, 0) is 99.2 Å². The molecule has 7 rings (SSSR count). The smallest absolute Gasteiger partial charge is 0.341 e. The summed E-state index contributed by atoms with van der Waals surface area (Å²) in [5, 5.41) is 8.33. The standard InChI is InChI=1S/C37H39N5O3/c1-4-45-37(44)30-22-38-42(24(30)3)34-10-6-9-32(40-34)29-8-5-7-26-13-16-33(35(26)29)39-31-15-14-28(21-23(31)2)25-17-19-41(20-18-25)36(43)27-11-12-27/h5-11,14-15,21-22,25,33,39H,4,12-13,16-20H2,1-3H3. The maximum absolute atomic E-state index is 12.4. The van der Waals surface area contributed by atoms with Crippen LogP contribution in [0.5, 0.6) is 0 Å². The molecular formula is C37H39N5O3. The first kappa shape index (κ1) is 29.0. The van der Waals surface area contributed by atoms with Gasteiger partial charge in [-0.3, -0.25) is 4.79 Å². The monoisotopic (exact) mass is 601 g/mol. The van der Waals surface area contributed by atoms with E-state index < -0.39 is 0 Å². The lowest BCUT2D eigenvalue weighted by atomic mass is 9.88. The van der Waals surface area contributed by atoms with Crippen molar-refractivity contribution in [3.05, 3.63) is 106 Å². The van der Waals surface area contributed by atoms with Crippen LogP contribution in [0.25, 0.3) is 17.1 Å². The molecular weight excluding hydrogens is 562 g/mol. The van der Waals surface area contributed by atoms with Crippen LogP contribution in [-0.2, 0) is 16.0 Å². The number of aromatic nitrogens is 3. The highest BCUT2D eigenvalue weighted by molar-refractivity contribution is 5.97. The van der Waals surface area contributed by atoms with Gasteiger partial charge < -0.3 is 15.0 Å². The summed E-state index contributed by atoms with van der Waals surface area (Å²) >= 11 is 0. The highest BCUT2D eigenvalue weighted by Crippen LogP contribution is 2.41. The van der Waals surface area contributed by atoms with Crippen molar-refractivity contribution in [2.24, 2.45) is 0 Å². The van der Waals surface area contributed by atoms with Crippen molar-refractivity contribution in [3.63, 3.8) is 0 Å². The van der Waals surface area contributed by atoms with Gasteiger partial charge in [0, 0.05) is 29.9 Å². The summed E-state index contributed by atoms with van der Waals surface area (Å²) in [6.07, 6.45) is 8.48. The summed E-state index contributed by atoms with van der Waals surface area (Å²) in [6, 6.07) is 19.4. The molecule has 1 atom stereocenters. The van der Waals surface area contributed by atoms with Crippen molar-refractivity contribution < 1.29 is 14.3 Å². The van der Waals surface area contributed by atoms with Gasteiger partial charge in [-0.1, -0.05) is 42.5 Å². The van der Waals surface area contributed by atoms with Gasteiger partial charge in [0.2, 0.25) is 5.91 Å². The second-order valence-electron chi connectivity index (χ2n) is 12.3. The molecule has 230 valence electrons. The zero-order valence-corrected chi connectivity index (χ0v) is 26.2. The lowest BCUT2D eigenvalue weighted by molar-refractivity contribution is -0.127. The molecule has 2 aromatic heterocycles. The molecule has 8 nitrogen and oxygen atoms in total. The SMILES string of the molecule is CCOC(=O)c1cnn(-c2cccc(-c3cccc4c3C(Nc3ccc(C5CCN(C(=O)C6=CC6)CC5)cc3C)CC4)n2)c1C. The molecule has 1 fully saturated rings. The normalized spacial score (nSPS) is 17.5. The number of esters is 1. The molecule has 1 aliphatic heterocycles. The van der Waals surface area contributed by atoms with Gasteiger partial charge in [-0.2, -0.15) is 5.10 Å². The number of nitrogens with one attached hydrogen (secondary N) is 1. The van der Waals surface area contributed by atoms with Gasteiger partial charge in [0.25, 0.3) is 0 Å². The Morgan fingerprint density at radius 3 is 2.58 bits per heavy atom. The summed E-state index contributed by atoms with van der Waals surface area (Å²) in [7, 11) is 0. The fourth-order valence-corrected chi connectivity index (χ4v) is 6.93. The van der Waals surface area contributed by atoms with E-state index in [1.807, 2.05) is 36.1 Å². The van der Waals surface area contributed by atoms with Crippen LogP contribution < -0.4 is 5.32 Å². The number of aryl methyl sites for hydroxylation is 2. The predicted molar refractivity (Wildman–Crippen MR) is 175 cm³/mol. The highest BCUT2D eigenvalue weighted by Gasteiger charge is 2.29. The average Bonchev–Trinajstić information content (AvgIpc) is 3.72. The van der Waals surface area contributed by atoms with Gasteiger partial charge >= 0.3 is 5.97 Å². The largest absolute Gasteiger partial charge is 0.462 e. The molecule has 0 bridgehead atoms. The van der Waals surface area contributed by atoms with Crippen LogP contribution in [0, 0.1) is 13.8 Å². The van der Waals surface area contributed by atoms with Crippen LogP contribution in [0.1, 0.15) is 82.9 Å². The summed E-state index contributed by atoms with van der Waals surface area (Å²) in [5.74, 6) is 1.01. The number of rotatable bonds is 8. The van der Waals surface area contributed by atoms with E-state index >= 15 is 0 Å². The van der Waals surface area contributed by atoms with E-state index in [2.05, 4.69) is 53.7 Å². The molecule has 1 unspecified atom stereocenters. The molecule has 3 heterocycles. The van der Waals surface area contributed by atoms with E-state index in [0.29, 0.717) is 29.6 Å². The van der Waals surface area contributed by atoms with E-state index in [1.54, 1.807) is 17.8 Å². The number of nitrogens with zero attached hydrogens (tertiary/aromatic N) is 4. The van der Waals surface area contributed by atoms with Crippen molar-refractivity contribution in [1.82, 2.24) is 19.7 Å². The Kier molecular flexibility index (Phi) is 7.73. The van der Waals surface area contributed by atoms with Crippen molar-refractivity contribution in [2.45, 2.75) is 64.8 Å². The summed E-state index contributed by atoms with van der Waals surface area (Å²) in [4.78, 5) is 31.8. The first-order chi connectivity index (χ1) is 21.9. The third-order valence-corrected chi connectivity index (χ3v) is 9.50. The van der Waals surface area contributed by atoms with Crippen molar-refractivity contribution in [3.8, 4) is 17.1 Å². The molecule has 4 aromatic rings. The number of carbonyl (C=O) groups is 2. The number of hydrogen-bond donors (Lipinski definition) is 1. The molecule has 0 spiro atoms. The predicted octanol–water partition coefficient (Wildman–Crippen LogP) is 6.86. The number of ether oxygens (including phenoxy) is 1. The summed E-state index contributed by atoms with van der Waals surface area (Å²) in [5.41, 5.74) is 10.5. The first-order valence-electron chi connectivity index (χ1n) is 16.1. The minimum absolute atomic E-state index is 0.166. The molecule has 2 aromatic carbocycles. The minimum atomic E-state index is -0.376. The second-order valence-corrected chi connectivity index (χ2v) is 12.3. The van der Waals surface area contributed by atoms with E-state index in [9.17, 15) is 9.59 Å². The number of fused-ring (bicyclic) bond motifs is 1. The van der Waals surface area contributed by atoms with Crippen LogP contribution in [0.15, 0.2) is 72.4 Å². The quantitative estimate of drug-likeness (QED) is 0.222. The van der Waals surface area contributed by atoms with Crippen LogP contribution >= 0.6 is 0 Å². The maximum Gasteiger partial charge on any atom is 0.341 e. The van der Waals surface area contributed by atoms with Gasteiger partial charge in [0.05, 0.1) is 30.2 Å². The molecule has 8 heteroatoms. The highest BCUT2D eigenvalue weighted by atomic mass is 16.5. The molecule has 0 radical (unpaired) electrons. The van der Waals surface area contributed by atoms with Gasteiger partial charge in [0.1, 0.15) is 5.56 Å². The maximum atomic E-state index is 12.4. The number of benzene rings is 2. The number of allylic oxidation sites excluding steroid dienone is 1. The molecule has 2 aliphatic carbocycles. The Hall–Kier alpha value is -4.72. The van der Waals surface area contributed by atoms with E-state index in [1.165, 1.54) is 22.3 Å². The summed E-state index contributed by atoms with van der Waals surface area (Å²) in [6.45, 7) is 7.83. The Morgan fingerprint density at radius 1 is 1.02 bits per heavy atom. The van der Waals surface area contributed by atoms with Crippen LogP contribution in [0.2, 0.25) is 0 Å². The van der Waals surface area contributed by atoms with Gasteiger partial charge in [-0.15, -0.1) is 0 Å². The summed E-state index contributed by atoms with van der Waals surface area (Å²) < 4.78 is 6.89. The number of pyridine rings is 1. The topological polar surface area (TPSA) is 89.4 Å². The third-order valence-electron chi connectivity index (χ3n) is 9.50. The van der Waals surface area contributed by atoms with Gasteiger partial charge in [0.15, 0.2) is 5.82 Å². The van der Waals surface area contributed by atoms with E-state index in [0.717, 1.165) is 67.7 Å². The number of hydrogen-bond acceptors (Lipinski definition) is 6. The second kappa shape index (κ2) is 12.0. The van der Waals surface area contributed by atoms with Crippen molar-refractivity contribution in [2.75, 3.05) is 25.0 Å². The van der Waals surface area contributed by atoms with Crippen LogP contribution in [0.4, 0.5) is 5.69 Å². The number of amides is 1. The molecule has 3 aliphatic rings. The molecule has 1 N–H and O–H groups in total. The third kappa shape index (κ3) is 5.65. The minimum Gasteiger partial charge on any atom is -0.462 e. The Bertz CT molecular complexity index is 1810. The zero-order chi connectivity index (χ0) is 31.1. The van der Waals surface area contributed by atoms with Crippen molar-refractivity contribution in [1.29, 1.82) is 0 Å². The molecule has 1 saturated heterocycles. The number of likely N-dealkylation sites (tertiary alicyclic amines) is 1. The van der Waals surface area contributed by atoms with Crippen LogP contribution in [0.3, 0.4) is 0 Å². The van der Waals surface area contributed by atoms with Gasteiger partial charge in [-0.25, -0.2) is 14.5 Å². The lowest BCUT2D eigenvalue weighted by Crippen LogP contribution is -2.37. The van der Waals surface area contributed by atoms with Crippen molar-refractivity contribution >= 4 is 17.6 Å². The zero-order valence-electron chi connectivity index (χ0n) is 26.2. The van der Waals surface area contributed by atoms with E-state index in [-0.39, 0.29) is 17.9 Å². The first-order valence-corrected chi connectivity index (χ1v) is 16.1. The number of carbonyl (C=O) groups excluding carboxylic acids is 2. The Labute approximate surface area is 264 Å².